The third kappa shape index (κ3) is 2.93. The SMILES string of the molecule is CN1CCC2=C(C1)CN(c1cc3c(cc1F)c(=O)c(C(=O)O)cn3C1CC1F)C2. The van der Waals surface area contributed by atoms with Crippen LogP contribution < -0.4 is 10.3 Å². The number of carbonyl (C=O) groups is 1. The first-order valence-corrected chi connectivity index (χ1v) is 9.72. The number of rotatable bonds is 3. The molecule has 6 nitrogen and oxygen atoms in total. The van der Waals surface area contributed by atoms with Crippen molar-refractivity contribution in [3.8, 4) is 0 Å². The molecule has 1 N–H and O–H groups in total. The van der Waals surface area contributed by atoms with Crippen molar-refractivity contribution in [2.75, 3.05) is 38.1 Å². The van der Waals surface area contributed by atoms with Crippen molar-refractivity contribution in [1.29, 1.82) is 0 Å². The van der Waals surface area contributed by atoms with Gasteiger partial charge < -0.3 is 19.5 Å². The van der Waals surface area contributed by atoms with Gasteiger partial charge in [-0.1, -0.05) is 0 Å². The lowest BCUT2D eigenvalue weighted by Gasteiger charge is -2.23. The van der Waals surface area contributed by atoms with Gasteiger partial charge >= 0.3 is 5.97 Å². The Balaban J connectivity index is 1.62. The van der Waals surface area contributed by atoms with E-state index >= 15 is 4.39 Å². The highest BCUT2D eigenvalue weighted by atomic mass is 19.1. The smallest absolute Gasteiger partial charge is 0.341 e. The number of anilines is 1. The first-order valence-electron chi connectivity index (χ1n) is 9.72. The zero-order chi connectivity index (χ0) is 20.4. The molecule has 2 aromatic rings. The molecular weight excluding hydrogens is 380 g/mol. The van der Waals surface area contributed by atoms with Crippen LogP contribution >= 0.6 is 0 Å². The first kappa shape index (κ1) is 18.3. The predicted molar refractivity (Wildman–Crippen MR) is 105 cm³/mol. The minimum Gasteiger partial charge on any atom is -0.477 e. The molecule has 1 aliphatic carbocycles. The van der Waals surface area contributed by atoms with E-state index in [0.29, 0.717) is 24.3 Å². The molecule has 3 aliphatic rings. The van der Waals surface area contributed by atoms with Crippen LogP contribution in [0.4, 0.5) is 14.5 Å². The lowest BCUT2D eigenvalue weighted by molar-refractivity contribution is 0.0694. The van der Waals surface area contributed by atoms with Gasteiger partial charge in [0, 0.05) is 44.2 Å². The van der Waals surface area contributed by atoms with Gasteiger partial charge in [0.15, 0.2) is 0 Å². The monoisotopic (exact) mass is 401 g/mol. The molecule has 1 aromatic carbocycles. The summed E-state index contributed by atoms with van der Waals surface area (Å²) in [4.78, 5) is 28.2. The Morgan fingerprint density at radius 1 is 1.21 bits per heavy atom. The molecule has 0 radical (unpaired) electrons. The quantitative estimate of drug-likeness (QED) is 0.801. The molecule has 152 valence electrons. The predicted octanol–water partition coefficient (Wildman–Crippen LogP) is 2.57. The summed E-state index contributed by atoms with van der Waals surface area (Å²) in [5.74, 6) is -1.96. The molecule has 2 unspecified atom stereocenters. The standard InChI is InChI=1S/C21H21F2N3O3/c1-24-3-2-11-8-25(9-12(11)7-24)18-6-17-13(4-15(18)22)20(27)14(21(28)29)10-26(17)19-5-16(19)23/h4,6,10,16,19H,2-3,5,7-9H2,1H3,(H,28,29). The number of aromatic nitrogens is 1. The summed E-state index contributed by atoms with van der Waals surface area (Å²) in [7, 11) is 2.06. The van der Waals surface area contributed by atoms with E-state index in [1.807, 2.05) is 4.90 Å². The molecule has 2 aliphatic heterocycles. The Morgan fingerprint density at radius 2 is 1.93 bits per heavy atom. The number of alkyl halides is 1. The lowest BCUT2D eigenvalue weighted by atomic mass is 10.0. The molecular formula is C21H21F2N3O3. The largest absolute Gasteiger partial charge is 0.477 e. The number of hydrogen-bond acceptors (Lipinski definition) is 4. The van der Waals surface area contributed by atoms with E-state index in [9.17, 15) is 19.1 Å². The second kappa shape index (κ2) is 6.38. The van der Waals surface area contributed by atoms with Gasteiger partial charge in [-0.2, -0.15) is 0 Å². The van der Waals surface area contributed by atoms with Crippen molar-refractivity contribution in [3.05, 3.63) is 51.1 Å². The van der Waals surface area contributed by atoms with Crippen LogP contribution in [0.1, 0.15) is 29.2 Å². The second-order valence-electron chi connectivity index (χ2n) is 8.28. The van der Waals surface area contributed by atoms with Crippen LogP contribution in [0.2, 0.25) is 0 Å². The number of likely N-dealkylation sites (N-methyl/N-ethyl adjacent to an activating group) is 1. The molecule has 0 spiro atoms. The molecule has 1 fully saturated rings. The Kier molecular flexibility index (Phi) is 4.03. The van der Waals surface area contributed by atoms with E-state index in [1.165, 1.54) is 21.9 Å². The molecule has 29 heavy (non-hydrogen) atoms. The van der Waals surface area contributed by atoms with Crippen LogP contribution in [-0.4, -0.2) is 59.9 Å². The molecule has 8 heteroatoms. The van der Waals surface area contributed by atoms with Gasteiger partial charge in [-0.15, -0.1) is 0 Å². The van der Waals surface area contributed by atoms with Crippen LogP contribution in [0.3, 0.4) is 0 Å². The normalized spacial score (nSPS) is 24.3. The van der Waals surface area contributed by atoms with Crippen LogP contribution in [0.15, 0.2) is 34.3 Å². The van der Waals surface area contributed by atoms with E-state index in [2.05, 4.69) is 11.9 Å². The first-order chi connectivity index (χ1) is 13.8. The summed E-state index contributed by atoms with van der Waals surface area (Å²) in [5, 5.41) is 9.31. The van der Waals surface area contributed by atoms with E-state index in [-0.39, 0.29) is 11.8 Å². The average molecular weight is 401 g/mol. The van der Waals surface area contributed by atoms with Crippen molar-refractivity contribution in [3.63, 3.8) is 0 Å². The molecule has 0 bridgehead atoms. The number of nitrogens with zero attached hydrogens (tertiary/aromatic N) is 3. The third-order valence-electron chi connectivity index (χ3n) is 6.23. The van der Waals surface area contributed by atoms with Crippen molar-refractivity contribution in [1.82, 2.24) is 9.47 Å². The molecule has 5 rings (SSSR count). The molecule has 1 saturated carbocycles. The average Bonchev–Trinajstić information content (AvgIpc) is 3.24. The molecule has 1 aromatic heterocycles. The van der Waals surface area contributed by atoms with Gasteiger partial charge in [0.25, 0.3) is 0 Å². The van der Waals surface area contributed by atoms with Crippen LogP contribution in [0.5, 0.6) is 0 Å². The molecule has 2 atom stereocenters. The van der Waals surface area contributed by atoms with E-state index < -0.39 is 35.0 Å². The number of carboxylic acids is 1. The number of pyridine rings is 1. The number of fused-ring (bicyclic) bond motifs is 1. The second-order valence-corrected chi connectivity index (χ2v) is 8.28. The van der Waals surface area contributed by atoms with Crippen LogP contribution in [0, 0.1) is 5.82 Å². The zero-order valence-electron chi connectivity index (χ0n) is 16.0. The summed E-state index contributed by atoms with van der Waals surface area (Å²) in [5.41, 5.74) is 2.15. The number of halogens is 2. The highest BCUT2D eigenvalue weighted by Gasteiger charge is 2.40. The van der Waals surface area contributed by atoms with Gasteiger partial charge in [0.05, 0.1) is 17.2 Å². The lowest BCUT2D eigenvalue weighted by Crippen LogP contribution is -2.28. The fraction of sp³-hybridized carbons (Fsp3) is 0.429. The number of aromatic carboxylic acids is 1. The molecule has 3 heterocycles. The van der Waals surface area contributed by atoms with Crippen molar-refractivity contribution < 1.29 is 18.7 Å². The van der Waals surface area contributed by atoms with E-state index in [4.69, 9.17) is 0 Å². The third-order valence-corrected chi connectivity index (χ3v) is 6.23. The Bertz CT molecular complexity index is 1140. The summed E-state index contributed by atoms with van der Waals surface area (Å²) < 4.78 is 30.3. The Labute approximate surface area is 165 Å². The molecule has 0 amide bonds. The van der Waals surface area contributed by atoms with Gasteiger partial charge in [0.1, 0.15) is 17.6 Å². The topological polar surface area (TPSA) is 65.8 Å². The van der Waals surface area contributed by atoms with Crippen LogP contribution in [-0.2, 0) is 0 Å². The number of carboxylic acid groups (broad SMARTS) is 1. The van der Waals surface area contributed by atoms with Crippen molar-refractivity contribution in [2.24, 2.45) is 0 Å². The number of hydrogen-bond donors (Lipinski definition) is 1. The zero-order valence-corrected chi connectivity index (χ0v) is 16.0. The summed E-state index contributed by atoms with van der Waals surface area (Å²) in [6.45, 7) is 3.09. The van der Waals surface area contributed by atoms with Gasteiger partial charge in [0.2, 0.25) is 5.43 Å². The Morgan fingerprint density at radius 3 is 2.62 bits per heavy atom. The maximum Gasteiger partial charge on any atom is 0.341 e. The van der Waals surface area contributed by atoms with Gasteiger partial charge in [-0.3, -0.25) is 4.79 Å². The minimum absolute atomic E-state index is 0.0260. The summed E-state index contributed by atoms with van der Waals surface area (Å²) in [6.07, 6.45) is 1.32. The maximum absolute atomic E-state index is 15.0. The van der Waals surface area contributed by atoms with Crippen molar-refractivity contribution in [2.45, 2.75) is 25.1 Å². The molecule has 0 saturated heterocycles. The van der Waals surface area contributed by atoms with E-state index in [1.54, 1.807) is 6.07 Å². The summed E-state index contributed by atoms with van der Waals surface area (Å²) in [6, 6.07) is 2.16. The van der Waals surface area contributed by atoms with Crippen LogP contribution in [0.25, 0.3) is 10.9 Å². The Hall–Kier alpha value is -2.74. The van der Waals surface area contributed by atoms with Gasteiger partial charge in [-0.05, 0) is 36.7 Å². The number of benzene rings is 1. The summed E-state index contributed by atoms with van der Waals surface area (Å²) >= 11 is 0. The van der Waals surface area contributed by atoms with E-state index in [0.717, 1.165) is 25.6 Å². The fourth-order valence-electron chi connectivity index (χ4n) is 4.53. The highest BCUT2D eigenvalue weighted by molar-refractivity contribution is 5.93. The van der Waals surface area contributed by atoms with Crippen molar-refractivity contribution >= 4 is 22.6 Å². The fourth-order valence-corrected chi connectivity index (χ4v) is 4.53. The van der Waals surface area contributed by atoms with Gasteiger partial charge in [-0.25, -0.2) is 13.6 Å². The highest BCUT2D eigenvalue weighted by Crippen LogP contribution is 2.41. The minimum atomic E-state index is -1.40. The maximum atomic E-state index is 15.0.